The normalized spacial score (nSPS) is 28.2. The Hall–Kier alpha value is -0.770. The average Bonchev–Trinajstić information content (AvgIpc) is 2.97. The fourth-order valence-electron chi connectivity index (χ4n) is 3.85. The smallest absolute Gasteiger partial charge is 0.317 e. The molecule has 2 aliphatic rings. The summed E-state index contributed by atoms with van der Waals surface area (Å²) in [7, 11) is 0. The Labute approximate surface area is 129 Å². The van der Waals surface area contributed by atoms with Crippen molar-refractivity contribution in [1.82, 2.24) is 10.2 Å². The van der Waals surface area contributed by atoms with Crippen LogP contribution in [0.5, 0.6) is 0 Å². The van der Waals surface area contributed by atoms with Gasteiger partial charge < -0.3 is 15.3 Å². The van der Waals surface area contributed by atoms with Gasteiger partial charge in [0.05, 0.1) is 6.10 Å². The van der Waals surface area contributed by atoms with Gasteiger partial charge in [0.15, 0.2) is 0 Å². The molecule has 21 heavy (non-hydrogen) atoms. The molecule has 4 heteroatoms. The van der Waals surface area contributed by atoms with Crippen molar-refractivity contribution >= 4 is 6.03 Å². The molecule has 0 unspecified atom stereocenters. The summed E-state index contributed by atoms with van der Waals surface area (Å²) < 4.78 is 0. The van der Waals surface area contributed by atoms with E-state index in [9.17, 15) is 9.90 Å². The summed E-state index contributed by atoms with van der Waals surface area (Å²) in [5.74, 6) is 1.55. The van der Waals surface area contributed by atoms with Gasteiger partial charge >= 0.3 is 6.03 Å². The quantitative estimate of drug-likeness (QED) is 0.838. The molecule has 122 valence electrons. The minimum absolute atomic E-state index is 0.0494. The lowest BCUT2D eigenvalue weighted by Gasteiger charge is -2.33. The maximum absolute atomic E-state index is 12.3. The van der Waals surface area contributed by atoms with Crippen LogP contribution in [-0.2, 0) is 0 Å². The topological polar surface area (TPSA) is 52.6 Å². The minimum Gasteiger partial charge on any atom is -0.393 e. The van der Waals surface area contributed by atoms with E-state index in [2.05, 4.69) is 19.2 Å². The van der Waals surface area contributed by atoms with E-state index in [-0.39, 0.29) is 24.1 Å². The molecule has 1 aliphatic heterocycles. The van der Waals surface area contributed by atoms with Crippen LogP contribution in [0.1, 0.15) is 59.3 Å². The largest absolute Gasteiger partial charge is 0.393 e. The first-order valence-corrected chi connectivity index (χ1v) is 8.72. The number of aliphatic hydroxyl groups is 1. The van der Waals surface area contributed by atoms with E-state index in [0.29, 0.717) is 12.5 Å². The first-order valence-electron chi connectivity index (χ1n) is 8.72. The number of rotatable bonds is 4. The molecule has 1 aliphatic carbocycles. The SMILES string of the molecule is C[C@H](O)[C@@H]1CCN(C(=O)N[C@H](C)[C@H](C)C2CCCCC2)C1. The molecule has 2 N–H and O–H groups in total. The number of nitrogens with zero attached hydrogens (tertiary/aromatic N) is 1. The van der Waals surface area contributed by atoms with E-state index in [1.165, 1.54) is 32.1 Å². The maximum atomic E-state index is 12.3. The Kier molecular flexibility index (Phi) is 5.91. The minimum atomic E-state index is -0.318. The summed E-state index contributed by atoms with van der Waals surface area (Å²) in [5.41, 5.74) is 0. The van der Waals surface area contributed by atoms with Crippen molar-refractivity contribution in [2.24, 2.45) is 17.8 Å². The second-order valence-corrected chi connectivity index (χ2v) is 7.23. The Balaban J connectivity index is 1.79. The van der Waals surface area contributed by atoms with E-state index in [0.717, 1.165) is 18.9 Å². The summed E-state index contributed by atoms with van der Waals surface area (Å²) in [6, 6.07) is 0.277. The van der Waals surface area contributed by atoms with Gasteiger partial charge in [-0.1, -0.05) is 39.0 Å². The highest BCUT2D eigenvalue weighted by Gasteiger charge is 2.31. The maximum Gasteiger partial charge on any atom is 0.317 e. The van der Waals surface area contributed by atoms with Crippen molar-refractivity contribution in [3.8, 4) is 0 Å². The van der Waals surface area contributed by atoms with Crippen LogP contribution in [0.2, 0.25) is 0 Å². The zero-order chi connectivity index (χ0) is 15.4. The fourth-order valence-corrected chi connectivity index (χ4v) is 3.85. The number of nitrogens with one attached hydrogen (secondary N) is 1. The second-order valence-electron chi connectivity index (χ2n) is 7.23. The van der Waals surface area contributed by atoms with E-state index in [1.807, 2.05) is 11.8 Å². The van der Waals surface area contributed by atoms with Crippen molar-refractivity contribution < 1.29 is 9.90 Å². The Morgan fingerprint density at radius 3 is 2.33 bits per heavy atom. The van der Waals surface area contributed by atoms with Gasteiger partial charge in [-0.15, -0.1) is 0 Å². The van der Waals surface area contributed by atoms with Crippen LogP contribution in [0.15, 0.2) is 0 Å². The van der Waals surface area contributed by atoms with Gasteiger partial charge in [-0.2, -0.15) is 0 Å². The van der Waals surface area contributed by atoms with E-state index < -0.39 is 0 Å². The summed E-state index contributed by atoms with van der Waals surface area (Å²) in [6.07, 6.45) is 7.29. The lowest BCUT2D eigenvalue weighted by Crippen LogP contribution is -2.46. The zero-order valence-corrected chi connectivity index (χ0v) is 13.8. The first kappa shape index (κ1) is 16.6. The third kappa shape index (κ3) is 4.35. The highest BCUT2D eigenvalue weighted by Crippen LogP contribution is 2.31. The molecule has 4 nitrogen and oxygen atoms in total. The van der Waals surface area contributed by atoms with Crippen molar-refractivity contribution in [2.45, 2.75) is 71.4 Å². The third-order valence-corrected chi connectivity index (χ3v) is 5.73. The van der Waals surface area contributed by atoms with E-state index in [4.69, 9.17) is 0 Å². The molecule has 2 amide bonds. The Bertz CT molecular complexity index is 340. The number of hydrogen-bond donors (Lipinski definition) is 2. The van der Waals surface area contributed by atoms with Crippen molar-refractivity contribution in [3.63, 3.8) is 0 Å². The third-order valence-electron chi connectivity index (χ3n) is 5.73. The molecule has 0 spiro atoms. The highest BCUT2D eigenvalue weighted by molar-refractivity contribution is 5.74. The molecule has 0 aromatic carbocycles. The van der Waals surface area contributed by atoms with Crippen LogP contribution in [0, 0.1) is 17.8 Å². The molecular formula is C17H32N2O2. The van der Waals surface area contributed by atoms with Crippen LogP contribution >= 0.6 is 0 Å². The van der Waals surface area contributed by atoms with Crippen LogP contribution in [-0.4, -0.2) is 41.3 Å². The molecule has 0 aromatic rings. The molecule has 0 aromatic heterocycles. The number of amides is 2. The molecule has 1 saturated heterocycles. The number of carbonyl (C=O) groups excluding carboxylic acids is 1. The van der Waals surface area contributed by atoms with Crippen molar-refractivity contribution in [1.29, 1.82) is 0 Å². The molecule has 4 atom stereocenters. The number of carbonyl (C=O) groups is 1. The zero-order valence-electron chi connectivity index (χ0n) is 13.8. The number of aliphatic hydroxyl groups excluding tert-OH is 1. The monoisotopic (exact) mass is 296 g/mol. The summed E-state index contributed by atoms with van der Waals surface area (Å²) >= 11 is 0. The first-order chi connectivity index (χ1) is 9.99. The lowest BCUT2D eigenvalue weighted by atomic mass is 9.78. The van der Waals surface area contributed by atoms with Crippen LogP contribution in [0.3, 0.4) is 0 Å². The molecular weight excluding hydrogens is 264 g/mol. The Morgan fingerprint density at radius 1 is 1.10 bits per heavy atom. The van der Waals surface area contributed by atoms with Gasteiger partial charge in [0.25, 0.3) is 0 Å². The predicted octanol–water partition coefficient (Wildman–Crippen LogP) is 3.00. The van der Waals surface area contributed by atoms with Gasteiger partial charge in [-0.25, -0.2) is 4.79 Å². The summed E-state index contributed by atoms with van der Waals surface area (Å²) in [5, 5.41) is 12.8. The Morgan fingerprint density at radius 2 is 1.76 bits per heavy atom. The molecule has 1 saturated carbocycles. The standard InChI is InChI=1S/C17H32N2O2/c1-12(15-7-5-4-6-8-15)13(2)18-17(21)19-10-9-16(11-19)14(3)20/h12-16,20H,4-11H2,1-3H3,(H,18,21)/t12-,13+,14-,16+/m0/s1. The van der Waals surface area contributed by atoms with Crippen molar-refractivity contribution in [3.05, 3.63) is 0 Å². The van der Waals surface area contributed by atoms with Gasteiger partial charge in [-0.3, -0.25) is 0 Å². The van der Waals surface area contributed by atoms with Crippen LogP contribution < -0.4 is 5.32 Å². The average molecular weight is 296 g/mol. The van der Waals surface area contributed by atoms with Gasteiger partial charge in [-0.05, 0) is 32.1 Å². The summed E-state index contributed by atoms with van der Waals surface area (Å²) in [6.45, 7) is 7.70. The van der Waals surface area contributed by atoms with Gasteiger partial charge in [0.1, 0.15) is 0 Å². The molecule has 0 bridgehead atoms. The van der Waals surface area contributed by atoms with Crippen LogP contribution in [0.4, 0.5) is 4.79 Å². The molecule has 2 fully saturated rings. The van der Waals surface area contributed by atoms with E-state index in [1.54, 1.807) is 0 Å². The van der Waals surface area contributed by atoms with Crippen LogP contribution in [0.25, 0.3) is 0 Å². The predicted molar refractivity (Wildman–Crippen MR) is 85.1 cm³/mol. The number of urea groups is 1. The van der Waals surface area contributed by atoms with Gasteiger partial charge in [0, 0.05) is 25.0 Å². The second kappa shape index (κ2) is 7.48. The molecule has 2 rings (SSSR count). The van der Waals surface area contributed by atoms with Crippen molar-refractivity contribution in [2.75, 3.05) is 13.1 Å². The van der Waals surface area contributed by atoms with E-state index >= 15 is 0 Å². The highest BCUT2D eigenvalue weighted by atomic mass is 16.3. The lowest BCUT2D eigenvalue weighted by molar-refractivity contribution is 0.128. The molecule has 0 radical (unpaired) electrons. The summed E-state index contributed by atoms with van der Waals surface area (Å²) in [4.78, 5) is 14.2. The number of likely N-dealkylation sites (tertiary alicyclic amines) is 1. The van der Waals surface area contributed by atoms with Gasteiger partial charge in [0.2, 0.25) is 0 Å². The molecule has 1 heterocycles. The fraction of sp³-hybridized carbons (Fsp3) is 0.941. The number of hydrogen-bond acceptors (Lipinski definition) is 2.